The van der Waals surface area contributed by atoms with Crippen LogP contribution in [-0.4, -0.2) is 0 Å². The molecule has 0 amide bonds. The molecule has 1 aliphatic carbocycles. The molecular formula is C31H30. The smallest absolute Gasteiger partial charge is 0.0252 e. The summed E-state index contributed by atoms with van der Waals surface area (Å²) in [6.45, 7) is 11.3. The SMILES string of the molecule is C#Cc1ccc2c(c1)C(CC)(CC)c1cc(C#Cc3ccc(C(C)(C)C)cc3)ccc1-2. The average molecular weight is 403 g/mol. The molecule has 0 heterocycles. The van der Waals surface area contributed by atoms with Gasteiger partial charge in [0.15, 0.2) is 0 Å². The summed E-state index contributed by atoms with van der Waals surface area (Å²) in [5.74, 6) is 9.57. The van der Waals surface area contributed by atoms with Gasteiger partial charge in [0.1, 0.15) is 0 Å². The quantitative estimate of drug-likeness (QED) is 0.390. The molecule has 0 fully saturated rings. The van der Waals surface area contributed by atoms with Crippen LogP contribution in [0.2, 0.25) is 0 Å². The Hall–Kier alpha value is -3.22. The molecule has 154 valence electrons. The Bertz CT molecular complexity index is 1220. The van der Waals surface area contributed by atoms with E-state index in [-0.39, 0.29) is 10.8 Å². The van der Waals surface area contributed by atoms with Crippen molar-refractivity contribution in [2.24, 2.45) is 0 Å². The van der Waals surface area contributed by atoms with Gasteiger partial charge in [0, 0.05) is 22.1 Å². The topological polar surface area (TPSA) is 0 Å². The first-order valence-electron chi connectivity index (χ1n) is 11.2. The first-order valence-corrected chi connectivity index (χ1v) is 11.2. The minimum Gasteiger partial charge on any atom is -0.115 e. The third-order valence-electron chi connectivity index (χ3n) is 6.84. The van der Waals surface area contributed by atoms with Gasteiger partial charge in [-0.05, 0) is 82.5 Å². The third-order valence-corrected chi connectivity index (χ3v) is 6.84. The minimum absolute atomic E-state index is 0.00355. The predicted octanol–water partition coefficient (Wildman–Crippen LogP) is 7.45. The van der Waals surface area contributed by atoms with Crippen molar-refractivity contribution in [2.75, 3.05) is 0 Å². The van der Waals surface area contributed by atoms with E-state index < -0.39 is 0 Å². The molecule has 1 aliphatic rings. The number of rotatable bonds is 2. The van der Waals surface area contributed by atoms with Crippen molar-refractivity contribution in [2.45, 2.75) is 58.3 Å². The Morgan fingerprint density at radius 2 is 1.19 bits per heavy atom. The second kappa shape index (κ2) is 7.80. The first kappa shape index (κ1) is 21.0. The third kappa shape index (κ3) is 3.58. The summed E-state index contributed by atoms with van der Waals surface area (Å²) >= 11 is 0. The van der Waals surface area contributed by atoms with Crippen LogP contribution in [0.3, 0.4) is 0 Å². The Morgan fingerprint density at radius 1 is 0.710 bits per heavy atom. The van der Waals surface area contributed by atoms with E-state index in [0.29, 0.717) is 0 Å². The van der Waals surface area contributed by atoms with Crippen molar-refractivity contribution in [1.82, 2.24) is 0 Å². The second-order valence-corrected chi connectivity index (χ2v) is 9.53. The highest BCUT2D eigenvalue weighted by Crippen LogP contribution is 2.52. The van der Waals surface area contributed by atoms with Gasteiger partial charge in [-0.2, -0.15) is 0 Å². The molecule has 0 N–H and O–H groups in total. The van der Waals surface area contributed by atoms with Gasteiger partial charge in [-0.25, -0.2) is 0 Å². The fourth-order valence-corrected chi connectivity index (χ4v) is 4.87. The molecule has 0 saturated carbocycles. The molecule has 0 heteroatoms. The molecule has 0 spiro atoms. The van der Waals surface area contributed by atoms with Gasteiger partial charge in [0.05, 0.1) is 0 Å². The number of benzene rings is 3. The summed E-state index contributed by atoms with van der Waals surface area (Å²) < 4.78 is 0. The fraction of sp³-hybridized carbons (Fsp3) is 0.290. The van der Waals surface area contributed by atoms with Crippen LogP contribution >= 0.6 is 0 Å². The van der Waals surface area contributed by atoms with Gasteiger partial charge in [0.25, 0.3) is 0 Å². The van der Waals surface area contributed by atoms with E-state index in [1.54, 1.807) is 0 Å². The monoisotopic (exact) mass is 402 g/mol. The van der Waals surface area contributed by atoms with Crippen molar-refractivity contribution in [3.05, 3.63) is 94.0 Å². The van der Waals surface area contributed by atoms with Gasteiger partial charge in [-0.15, -0.1) is 6.42 Å². The van der Waals surface area contributed by atoms with E-state index in [0.717, 1.165) is 29.5 Å². The molecule has 0 atom stereocenters. The van der Waals surface area contributed by atoms with Crippen molar-refractivity contribution in [3.63, 3.8) is 0 Å². The standard InChI is InChI=1S/C31H30/c1-7-22-14-18-26-27-19-15-24(21-29(27)31(8-2,9-3)28(26)20-22)11-10-23-12-16-25(17-13-23)30(4,5)6/h1,12-21H,8-9H2,2-6H3. The van der Waals surface area contributed by atoms with Crippen LogP contribution in [0.4, 0.5) is 0 Å². The van der Waals surface area contributed by atoms with Gasteiger partial charge in [-0.1, -0.05) is 76.6 Å². The van der Waals surface area contributed by atoms with Crippen LogP contribution in [0.5, 0.6) is 0 Å². The summed E-state index contributed by atoms with van der Waals surface area (Å²) in [5, 5.41) is 0. The zero-order valence-corrected chi connectivity index (χ0v) is 19.3. The van der Waals surface area contributed by atoms with Crippen LogP contribution < -0.4 is 0 Å². The molecular weight excluding hydrogens is 372 g/mol. The van der Waals surface area contributed by atoms with Gasteiger partial charge >= 0.3 is 0 Å². The lowest BCUT2D eigenvalue weighted by Gasteiger charge is -2.29. The Kier molecular flexibility index (Phi) is 5.29. The number of terminal acetylenes is 1. The summed E-state index contributed by atoms with van der Waals surface area (Å²) in [4.78, 5) is 0. The highest BCUT2D eigenvalue weighted by atomic mass is 14.4. The normalized spacial score (nSPS) is 13.5. The summed E-state index contributed by atoms with van der Waals surface area (Å²) in [7, 11) is 0. The number of hydrogen-bond acceptors (Lipinski definition) is 0. The zero-order valence-electron chi connectivity index (χ0n) is 19.3. The lowest BCUT2D eigenvalue weighted by molar-refractivity contribution is 0.490. The summed E-state index contributed by atoms with van der Waals surface area (Å²) in [6.07, 6.45) is 7.79. The number of fused-ring (bicyclic) bond motifs is 3. The fourth-order valence-electron chi connectivity index (χ4n) is 4.87. The van der Waals surface area contributed by atoms with Crippen molar-refractivity contribution in [1.29, 1.82) is 0 Å². The second-order valence-electron chi connectivity index (χ2n) is 9.53. The lowest BCUT2D eigenvalue weighted by Crippen LogP contribution is -2.23. The van der Waals surface area contributed by atoms with Crippen LogP contribution in [-0.2, 0) is 10.8 Å². The van der Waals surface area contributed by atoms with E-state index in [9.17, 15) is 0 Å². The zero-order chi connectivity index (χ0) is 22.2. The Morgan fingerprint density at radius 3 is 1.71 bits per heavy atom. The highest BCUT2D eigenvalue weighted by molar-refractivity contribution is 5.82. The maximum Gasteiger partial charge on any atom is 0.0252 e. The minimum atomic E-state index is 0.00355. The average Bonchev–Trinajstić information content (AvgIpc) is 3.06. The van der Waals surface area contributed by atoms with Crippen LogP contribution in [0.25, 0.3) is 11.1 Å². The van der Waals surface area contributed by atoms with Crippen LogP contribution in [0.15, 0.2) is 60.7 Å². The molecule has 0 radical (unpaired) electrons. The highest BCUT2D eigenvalue weighted by Gasteiger charge is 2.40. The Balaban J connectivity index is 1.74. The molecule has 31 heavy (non-hydrogen) atoms. The van der Waals surface area contributed by atoms with Gasteiger partial charge < -0.3 is 0 Å². The summed E-state index contributed by atoms with van der Waals surface area (Å²) in [6, 6.07) is 21.8. The van der Waals surface area contributed by atoms with Gasteiger partial charge in [0.2, 0.25) is 0 Å². The van der Waals surface area contributed by atoms with E-state index in [4.69, 9.17) is 6.42 Å². The maximum absolute atomic E-state index is 5.70. The molecule has 0 nitrogen and oxygen atoms in total. The van der Waals surface area contributed by atoms with E-state index >= 15 is 0 Å². The number of hydrogen-bond donors (Lipinski definition) is 0. The van der Waals surface area contributed by atoms with Crippen molar-refractivity contribution in [3.8, 4) is 35.3 Å². The van der Waals surface area contributed by atoms with Crippen LogP contribution in [0, 0.1) is 24.2 Å². The molecule has 3 aromatic rings. The molecule has 0 aromatic heterocycles. The lowest BCUT2D eigenvalue weighted by atomic mass is 9.73. The van der Waals surface area contributed by atoms with E-state index in [1.165, 1.54) is 27.8 Å². The molecule has 0 bridgehead atoms. The molecule has 3 aromatic carbocycles. The maximum atomic E-state index is 5.70. The molecule has 0 saturated heterocycles. The van der Waals surface area contributed by atoms with Crippen molar-refractivity contribution < 1.29 is 0 Å². The molecule has 4 rings (SSSR count). The Labute approximate surface area is 187 Å². The molecule has 0 aliphatic heterocycles. The molecule has 0 unspecified atom stereocenters. The summed E-state index contributed by atoms with van der Waals surface area (Å²) in [5.41, 5.74) is 9.95. The first-order chi connectivity index (χ1) is 14.8. The van der Waals surface area contributed by atoms with E-state index in [2.05, 4.69) is 113 Å². The predicted molar refractivity (Wildman–Crippen MR) is 132 cm³/mol. The largest absolute Gasteiger partial charge is 0.115 e. The van der Waals surface area contributed by atoms with E-state index in [1.807, 2.05) is 0 Å². The van der Waals surface area contributed by atoms with Crippen LogP contribution in [0.1, 0.15) is 80.8 Å². The van der Waals surface area contributed by atoms with Gasteiger partial charge in [-0.3, -0.25) is 0 Å². The van der Waals surface area contributed by atoms with Crippen molar-refractivity contribution >= 4 is 0 Å².